The normalized spacial score (nSPS) is 10.5. The van der Waals surface area contributed by atoms with Gasteiger partial charge in [-0.3, -0.25) is 4.98 Å². The summed E-state index contributed by atoms with van der Waals surface area (Å²) in [5.74, 6) is 0. The lowest BCUT2D eigenvalue weighted by atomic mass is 10.2. The van der Waals surface area contributed by atoms with Crippen LogP contribution in [0, 0.1) is 0 Å². The Morgan fingerprint density at radius 3 is 2.80 bits per heavy atom. The molecule has 0 radical (unpaired) electrons. The Balaban J connectivity index is 2.05. The summed E-state index contributed by atoms with van der Waals surface area (Å²) < 4.78 is 0. The Morgan fingerprint density at radius 2 is 2.07 bits per heavy atom. The molecule has 0 aliphatic carbocycles. The van der Waals surface area contributed by atoms with E-state index in [-0.39, 0.29) is 0 Å². The van der Waals surface area contributed by atoms with E-state index in [1.165, 1.54) is 5.56 Å². The molecule has 0 aliphatic heterocycles. The summed E-state index contributed by atoms with van der Waals surface area (Å²) in [6, 6.07) is 4.04. The van der Waals surface area contributed by atoms with Gasteiger partial charge >= 0.3 is 0 Å². The second-order valence-corrected chi connectivity index (χ2v) is 4.25. The van der Waals surface area contributed by atoms with Crippen molar-refractivity contribution >= 4 is 11.3 Å². The third kappa shape index (κ3) is 2.84. The van der Waals surface area contributed by atoms with Crippen LogP contribution in [0.2, 0.25) is 0 Å². The van der Waals surface area contributed by atoms with Gasteiger partial charge in [-0.25, -0.2) is 4.98 Å². The van der Waals surface area contributed by atoms with Crippen molar-refractivity contribution in [1.29, 1.82) is 0 Å². The molecule has 0 aromatic carbocycles. The van der Waals surface area contributed by atoms with Gasteiger partial charge in [0, 0.05) is 30.6 Å². The molecule has 0 bridgehead atoms. The topological polar surface area (TPSA) is 51.8 Å². The first-order valence-electron chi connectivity index (χ1n) is 4.91. The molecule has 2 heterocycles. The van der Waals surface area contributed by atoms with E-state index >= 15 is 0 Å². The van der Waals surface area contributed by atoms with Gasteiger partial charge in [-0.05, 0) is 24.2 Å². The Kier molecular flexibility index (Phi) is 3.42. The first kappa shape index (κ1) is 10.3. The van der Waals surface area contributed by atoms with E-state index in [2.05, 4.69) is 15.3 Å². The van der Waals surface area contributed by atoms with Crippen molar-refractivity contribution in [2.24, 2.45) is 5.73 Å². The van der Waals surface area contributed by atoms with E-state index < -0.39 is 0 Å². The van der Waals surface area contributed by atoms with E-state index in [4.69, 9.17) is 5.73 Å². The predicted molar refractivity (Wildman–Crippen MR) is 61.9 cm³/mol. The van der Waals surface area contributed by atoms with Crippen LogP contribution in [0.15, 0.2) is 29.9 Å². The van der Waals surface area contributed by atoms with E-state index in [0.717, 1.165) is 23.5 Å². The Hall–Kier alpha value is -1.26. The maximum atomic E-state index is 5.48. The van der Waals surface area contributed by atoms with Crippen molar-refractivity contribution in [2.45, 2.75) is 12.8 Å². The lowest BCUT2D eigenvalue weighted by molar-refractivity contribution is 0.922. The Labute approximate surface area is 93.0 Å². The van der Waals surface area contributed by atoms with Crippen LogP contribution in [-0.2, 0) is 12.8 Å². The first-order valence-corrected chi connectivity index (χ1v) is 5.78. The first-order chi connectivity index (χ1) is 7.38. The largest absolute Gasteiger partial charge is 0.330 e. The molecule has 4 heteroatoms. The monoisotopic (exact) mass is 219 g/mol. The highest BCUT2D eigenvalue weighted by molar-refractivity contribution is 7.09. The fraction of sp³-hybridized carbons (Fsp3) is 0.273. The zero-order valence-corrected chi connectivity index (χ0v) is 9.20. The predicted octanol–water partition coefficient (Wildman–Crippen LogP) is 1.63. The molecule has 3 nitrogen and oxygen atoms in total. The molecule has 78 valence electrons. The van der Waals surface area contributed by atoms with Gasteiger partial charge in [0.05, 0.1) is 10.7 Å². The summed E-state index contributed by atoms with van der Waals surface area (Å²) in [4.78, 5) is 8.50. The smallest absolute Gasteiger partial charge is 0.0972 e. The van der Waals surface area contributed by atoms with Gasteiger partial charge in [-0.1, -0.05) is 0 Å². The third-order valence-electron chi connectivity index (χ3n) is 2.10. The molecular weight excluding hydrogens is 206 g/mol. The average molecular weight is 219 g/mol. The molecule has 2 aromatic heterocycles. The second-order valence-electron chi connectivity index (χ2n) is 3.30. The highest BCUT2D eigenvalue weighted by atomic mass is 32.1. The standard InChI is InChI=1S/C11H13N3S/c12-4-1-10-8-15-11(14-10)7-9-2-5-13-6-3-9/h2-3,5-6,8H,1,4,7,12H2. The van der Waals surface area contributed by atoms with Gasteiger partial charge in [0.2, 0.25) is 0 Å². The molecule has 0 amide bonds. The van der Waals surface area contributed by atoms with Crippen LogP contribution < -0.4 is 5.73 Å². The van der Waals surface area contributed by atoms with Gasteiger partial charge in [-0.2, -0.15) is 0 Å². The highest BCUT2D eigenvalue weighted by Crippen LogP contribution is 2.14. The van der Waals surface area contributed by atoms with Gasteiger partial charge in [0.1, 0.15) is 0 Å². The lowest BCUT2D eigenvalue weighted by Crippen LogP contribution is -2.02. The molecule has 2 N–H and O–H groups in total. The van der Waals surface area contributed by atoms with E-state index in [9.17, 15) is 0 Å². The molecule has 15 heavy (non-hydrogen) atoms. The molecule has 0 spiro atoms. The number of hydrogen-bond acceptors (Lipinski definition) is 4. The second kappa shape index (κ2) is 5.00. The molecule has 0 fully saturated rings. The van der Waals surface area contributed by atoms with Crippen LogP contribution in [0.1, 0.15) is 16.3 Å². The molecule has 0 atom stereocenters. The Bertz CT molecular complexity index is 411. The minimum atomic E-state index is 0.665. The summed E-state index contributed by atoms with van der Waals surface area (Å²) in [6.07, 6.45) is 5.37. The maximum absolute atomic E-state index is 5.48. The number of nitrogens with two attached hydrogens (primary N) is 1. The van der Waals surface area contributed by atoms with Crippen LogP contribution >= 0.6 is 11.3 Å². The summed E-state index contributed by atoms with van der Waals surface area (Å²) in [6.45, 7) is 0.665. The molecule has 2 aromatic rings. The van der Waals surface area contributed by atoms with Crippen molar-refractivity contribution in [2.75, 3.05) is 6.54 Å². The van der Waals surface area contributed by atoms with Crippen molar-refractivity contribution in [1.82, 2.24) is 9.97 Å². The van der Waals surface area contributed by atoms with E-state index in [1.54, 1.807) is 11.3 Å². The van der Waals surface area contributed by atoms with Gasteiger partial charge < -0.3 is 5.73 Å². The van der Waals surface area contributed by atoms with Crippen molar-refractivity contribution in [3.63, 3.8) is 0 Å². The fourth-order valence-electron chi connectivity index (χ4n) is 1.37. The molecule has 0 unspecified atom stereocenters. The number of thiazole rings is 1. The number of rotatable bonds is 4. The fourth-order valence-corrected chi connectivity index (χ4v) is 2.23. The number of nitrogens with zero attached hydrogens (tertiary/aromatic N) is 2. The molecule has 2 rings (SSSR count). The molecule has 0 aliphatic rings. The third-order valence-corrected chi connectivity index (χ3v) is 3.00. The summed E-state index contributed by atoms with van der Waals surface area (Å²) in [5, 5.41) is 3.23. The highest BCUT2D eigenvalue weighted by Gasteiger charge is 2.02. The van der Waals surface area contributed by atoms with Crippen molar-refractivity contribution < 1.29 is 0 Å². The minimum Gasteiger partial charge on any atom is -0.330 e. The average Bonchev–Trinajstić information content (AvgIpc) is 2.68. The Morgan fingerprint density at radius 1 is 1.27 bits per heavy atom. The summed E-state index contributed by atoms with van der Waals surface area (Å²) in [5.41, 5.74) is 7.83. The van der Waals surface area contributed by atoms with Gasteiger partial charge in [0.15, 0.2) is 0 Å². The van der Waals surface area contributed by atoms with Gasteiger partial charge in [0.25, 0.3) is 0 Å². The molecule has 0 saturated heterocycles. The van der Waals surface area contributed by atoms with E-state index in [0.29, 0.717) is 6.54 Å². The van der Waals surface area contributed by atoms with Crippen LogP contribution in [0.25, 0.3) is 0 Å². The van der Waals surface area contributed by atoms with E-state index in [1.807, 2.05) is 24.5 Å². The van der Waals surface area contributed by atoms with Crippen LogP contribution in [-0.4, -0.2) is 16.5 Å². The van der Waals surface area contributed by atoms with Crippen LogP contribution in [0.4, 0.5) is 0 Å². The van der Waals surface area contributed by atoms with Crippen molar-refractivity contribution in [3.05, 3.63) is 46.2 Å². The van der Waals surface area contributed by atoms with Crippen LogP contribution in [0.5, 0.6) is 0 Å². The zero-order valence-electron chi connectivity index (χ0n) is 8.39. The summed E-state index contributed by atoms with van der Waals surface area (Å²) in [7, 11) is 0. The SMILES string of the molecule is NCCc1csc(Cc2ccncc2)n1. The zero-order chi connectivity index (χ0) is 10.5. The number of pyridine rings is 1. The van der Waals surface area contributed by atoms with Crippen LogP contribution in [0.3, 0.4) is 0 Å². The molecule has 0 saturated carbocycles. The maximum Gasteiger partial charge on any atom is 0.0972 e. The lowest BCUT2D eigenvalue weighted by Gasteiger charge is -1.95. The number of aromatic nitrogens is 2. The number of hydrogen-bond donors (Lipinski definition) is 1. The minimum absolute atomic E-state index is 0.665. The summed E-state index contributed by atoms with van der Waals surface area (Å²) >= 11 is 1.70. The van der Waals surface area contributed by atoms with Gasteiger partial charge in [-0.15, -0.1) is 11.3 Å². The van der Waals surface area contributed by atoms with Crippen molar-refractivity contribution in [3.8, 4) is 0 Å². The quantitative estimate of drug-likeness (QED) is 0.850. The molecular formula is C11H13N3S.